The van der Waals surface area contributed by atoms with Crippen LogP contribution >= 0.6 is 39.7 Å². The second kappa shape index (κ2) is 4.78. The summed E-state index contributed by atoms with van der Waals surface area (Å²) in [5, 5.41) is 0.697. The number of hydrogen-bond donors (Lipinski definition) is 1. The average Bonchev–Trinajstić information content (AvgIpc) is 2.68. The number of nitrogens with one attached hydrogen (secondary N) is 1. The Kier molecular flexibility index (Phi) is 3.25. The van der Waals surface area contributed by atoms with E-state index >= 15 is 0 Å². The van der Waals surface area contributed by atoms with Crippen LogP contribution in [0.25, 0.3) is 16.7 Å². The highest BCUT2D eigenvalue weighted by Gasteiger charge is 2.09. The van der Waals surface area contributed by atoms with E-state index in [4.69, 9.17) is 23.8 Å². The van der Waals surface area contributed by atoms with Gasteiger partial charge in [-0.2, -0.15) is 0 Å². The molecule has 2 nitrogen and oxygen atoms in total. The van der Waals surface area contributed by atoms with E-state index in [0.717, 1.165) is 26.8 Å². The molecular formula is C14H10BrClN2S. The molecule has 0 saturated carbocycles. The van der Waals surface area contributed by atoms with Crippen LogP contribution in [0.3, 0.4) is 0 Å². The molecule has 0 aliphatic carbocycles. The summed E-state index contributed by atoms with van der Waals surface area (Å²) in [5.74, 6) is 0. The lowest BCUT2D eigenvalue weighted by molar-refractivity contribution is 1.05. The van der Waals surface area contributed by atoms with Crippen LogP contribution in [-0.4, -0.2) is 9.55 Å². The van der Waals surface area contributed by atoms with Crippen LogP contribution in [0.2, 0.25) is 5.02 Å². The number of aryl methyl sites for hydroxylation is 1. The Bertz CT molecular complexity index is 835. The number of fused-ring (bicyclic) bond motifs is 1. The van der Waals surface area contributed by atoms with E-state index in [1.54, 1.807) is 0 Å². The van der Waals surface area contributed by atoms with Crippen molar-refractivity contribution in [3.8, 4) is 5.69 Å². The third kappa shape index (κ3) is 2.24. The first-order valence-corrected chi connectivity index (χ1v) is 7.31. The standard InChI is InChI=1S/C14H10BrClN2S/c1-8-2-3-9(15)6-12(8)18-13-7-10(16)4-5-11(13)17-14(18)19/h2-7H,1H3,(H,17,19). The number of halogens is 2. The zero-order valence-corrected chi connectivity index (χ0v) is 13.2. The van der Waals surface area contributed by atoms with Crippen molar-refractivity contribution in [1.29, 1.82) is 0 Å². The lowest BCUT2D eigenvalue weighted by atomic mass is 10.2. The monoisotopic (exact) mass is 352 g/mol. The first kappa shape index (κ1) is 12.9. The van der Waals surface area contributed by atoms with Gasteiger partial charge in [0.05, 0.1) is 16.7 Å². The van der Waals surface area contributed by atoms with Gasteiger partial charge in [-0.25, -0.2) is 0 Å². The Morgan fingerprint density at radius 2 is 2.00 bits per heavy atom. The molecule has 1 heterocycles. The Balaban J connectivity index is 2.42. The van der Waals surface area contributed by atoms with Crippen LogP contribution in [0.4, 0.5) is 0 Å². The quantitative estimate of drug-likeness (QED) is 0.580. The lowest BCUT2D eigenvalue weighted by Crippen LogP contribution is -1.97. The molecule has 0 saturated heterocycles. The van der Waals surface area contributed by atoms with Crippen molar-refractivity contribution in [2.24, 2.45) is 0 Å². The number of rotatable bonds is 1. The van der Waals surface area contributed by atoms with Crippen molar-refractivity contribution in [2.45, 2.75) is 6.92 Å². The zero-order chi connectivity index (χ0) is 13.6. The number of aromatic nitrogens is 2. The number of nitrogens with zero attached hydrogens (tertiary/aromatic N) is 1. The molecule has 3 aromatic rings. The van der Waals surface area contributed by atoms with Crippen LogP contribution in [0.1, 0.15) is 5.56 Å². The molecule has 0 amide bonds. The summed E-state index contributed by atoms with van der Waals surface area (Å²) in [6, 6.07) is 11.8. The van der Waals surface area contributed by atoms with Gasteiger partial charge in [0.1, 0.15) is 0 Å². The van der Waals surface area contributed by atoms with Gasteiger partial charge >= 0.3 is 0 Å². The summed E-state index contributed by atoms with van der Waals surface area (Å²) in [6.07, 6.45) is 0. The summed E-state index contributed by atoms with van der Waals surface area (Å²) in [4.78, 5) is 3.20. The predicted molar refractivity (Wildman–Crippen MR) is 85.9 cm³/mol. The van der Waals surface area contributed by atoms with Crippen molar-refractivity contribution in [2.75, 3.05) is 0 Å². The molecule has 0 radical (unpaired) electrons. The van der Waals surface area contributed by atoms with Gasteiger partial charge in [0.15, 0.2) is 4.77 Å². The summed E-state index contributed by atoms with van der Waals surface area (Å²) in [6.45, 7) is 2.06. The zero-order valence-electron chi connectivity index (χ0n) is 10.1. The Hall–Kier alpha value is -1.10. The minimum Gasteiger partial charge on any atom is -0.330 e. The van der Waals surface area contributed by atoms with Crippen molar-refractivity contribution >= 4 is 50.8 Å². The molecule has 19 heavy (non-hydrogen) atoms. The topological polar surface area (TPSA) is 20.7 Å². The first-order valence-electron chi connectivity index (χ1n) is 5.73. The number of aromatic amines is 1. The highest BCUT2D eigenvalue weighted by Crippen LogP contribution is 2.26. The van der Waals surface area contributed by atoms with E-state index in [-0.39, 0.29) is 0 Å². The van der Waals surface area contributed by atoms with E-state index in [1.807, 2.05) is 28.8 Å². The van der Waals surface area contributed by atoms with Gasteiger partial charge in [0.2, 0.25) is 0 Å². The van der Waals surface area contributed by atoms with Gasteiger partial charge in [-0.3, -0.25) is 4.57 Å². The maximum absolute atomic E-state index is 6.09. The van der Waals surface area contributed by atoms with E-state index < -0.39 is 0 Å². The molecule has 96 valence electrons. The van der Waals surface area contributed by atoms with E-state index in [2.05, 4.69) is 40.0 Å². The van der Waals surface area contributed by atoms with Crippen molar-refractivity contribution in [1.82, 2.24) is 9.55 Å². The number of imidazole rings is 1. The molecule has 0 unspecified atom stereocenters. The summed E-state index contributed by atoms with van der Waals surface area (Å²) < 4.78 is 3.70. The third-order valence-electron chi connectivity index (χ3n) is 3.06. The molecule has 3 rings (SSSR count). The molecule has 1 aromatic heterocycles. The second-order valence-corrected chi connectivity index (χ2v) is 6.10. The third-order valence-corrected chi connectivity index (χ3v) is 4.07. The van der Waals surface area contributed by atoms with Crippen LogP contribution in [0, 0.1) is 11.7 Å². The average molecular weight is 354 g/mol. The molecule has 1 N–H and O–H groups in total. The van der Waals surface area contributed by atoms with E-state index in [0.29, 0.717) is 9.79 Å². The Morgan fingerprint density at radius 1 is 1.21 bits per heavy atom. The number of hydrogen-bond acceptors (Lipinski definition) is 1. The molecule has 0 aliphatic heterocycles. The fourth-order valence-electron chi connectivity index (χ4n) is 2.14. The van der Waals surface area contributed by atoms with Crippen molar-refractivity contribution in [3.63, 3.8) is 0 Å². The minimum absolute atomic E-state index is 0.665. The van der Waals surface area contributed by atoms with Crippen LogP contribution in [0.5, 0.6) is 0 Å². The van der Waals surface area contributed by atoms with Gasteiger partial charge < -0.3 is 4.98 Å². The molecule has 0 fully saturated rings. The molecule has 0 atom stereocenters. The lowest BCUT2D eigenvalue weighted by Gasteiger charge is -2.09. The molecule has 0 spiro atoms. The van der Waals surface area contributed by atoms with Crippen molar-refractivity contribution < 1.29 is 0 Å². The van der Waals surface area contributed by atoms with Gasteiger partial charge in [-0.15, -0.1) is 0 Å². The second-order valence-electron chi connectivity index (χ2n) is 4.36. The maximum Gasteiger partial charge on any atom is 0.182 e. The summed E-state index contributed by atoms with van der Waals surface area (Å²) >= 11 is 15.0. The Morgan fingerprint density at radius 3 is 2.79 bits per heavy atom. The molecule has 5 heteroatoms. The van der Waals surface area contributed by atoms with Crippen LogP contribution in [-0.2, 0) is 0 Å². The minimum atomic E-state index is 0.665. The maximum atomic E-state index is 6.09. The summed E-state index contributed by atoms with van der Waals surface area (Å²) in [5.41, 5.74) is 4.17. The predicted octanol–water partition coefficient (Wildman–Crippen LogP) is 5.41. The van der Waals surface area contributed by atoms with Gasteiger partial charge in [0.25, 0.3) is 0 Å². The van der Waals surface area contributed by atoms with Gasteiger partial charge in [-0.05, 0) is 55.0 Å². The van der Waals surface area contributed by atoms with Crippen molar-refractivity contribution in [3.05, 3.63) is 56.2 Å². The van der Waals surface area contributed by atoms with E-state index in [1.165, 1.54) is 0 Å². The van der Waals surface area contributed by atoms with Gasteiger partial charge in [0, 0.05) is 9.50 Å². The smallest absolute Gasteiger partial charge is 0.182 e. The van der Waals surface area contributed by atoms with Gasteiger partial charge in [-0.1, -0.05) is 33.6 Å². The SMILES string of the molecule is Cc1ccc(Br)cc1-n1c(=S)[nH]c2ccc(Cl)cc21. The van der Waals surface area contributed by atoms with Crippen LogP contribution < -0.4 is 0 Å². The highest BCUT2D eigenvalue weighted by atomic mass is 79.9. The largest absolute Gasteiger partial charge is 0.330 e. The highest BCUT2D eigenvalue weighted by molar-refractivity contribution is 9.10. The molecule has 0 aliphatic rings. The fraction of sp³-hybridized carbons (Fsp3) is 0.0714. The van der Waals surface area contributed by atoms with Crippen LogP contribution in [0.15, 0.2) is 40.9 Å². The molecular weight excluding hydrogens is 344 g/mol. The van der Waals surface area contributed by atoms with E-state index in [9.17, 15) is 0 Å². The number of H-pyrrole nitrogens is 1. The Labute approximate surface area is 129 Å². The molecule has 2 aromatic carbocycles. The summed E-state index contributed by atoms with van der Waals surface area (Å²) in [7, 11) is 0. The normalized spacial score (nSPS) is 11.1. The fourth-order valence-corrected chi connectivity index (χ4v) is 2.96. The first-order chi connectivity index (χ1) is 9.06. The number of benzene rings is 2. The molecule has 0 bridgehead atoms.